The van der Waals surface area contributed by atoms with Crippen molar-refractivity contribution in [3.63, 3.8) is 0 Å². The second-order valence-electron chi connectivity index (χ2n) is 9.40. The lowest BCUT2D eigenvalue weighted by atomic mass is 9.75. The van der Waals surface area contributed by atoms with E-state index in [2.05, 4.69) is 23.5 Å². The second kappa shape index (κ2) is 8.34. The van der Waals surface area contributed by atoms with Crippen molar-refractivity contribution in [2.75, 3.05) is 12.4 Å². The van der Waals surface area contributed by atoms with Crippen LogP contribution in [0.1, 0.15) is 44.7 Å². The van der Waals surface area contributed by atoms with Crippen LogP contribution in [0.25, 0.3) is 6.08 Å². The molecule has 2 aromatic carbocycles. The molecular formula is C26H30N2O4. The fourth-order valence-electron chi connectivity index (χ4n) is 4.81. The fourth-order valence-corrected chi connectivity index (χ4v) is 4.81. The van der Waals surface area contributed by atoms with Gasteiger partial charge in [-0.3, -0.25) is 4.90 Å². The van der Waals surface area contributed by atoms with Crippen molar-refractivity contribution in [1.29, 1.82) is 0 Å². The van der Waals surface area contributed by atoms with Gasteiger partial charge in [0, 0.05) is 11.1 Å². The average Bonchev–Trinajstić information content (AvgIpc) is 3.23. The van der Waals surface area contributed by atoms with Crippen LogP contribution in [0.4, 0.5) is 10.5 Å². The minimum Gasteiger partial charge on any atom is -0.467 e. The minimum atomic E-state index is -0.731. The molecule has 2 heterocycles. The molecule has 2 aliphatic heterocycles. The molecule has 1 saturated heterocycles. The van der Waals surface area contributed by atoms with Crippen LogP contribution < -0.4 is 5.32 Å². The predicted molar refractivity (Wildman–Crippen MR) is 124 cm³/mol. The number of hydrogen-bond donors (Lipinski definition) is 1. The van der Waals surface area contributed by atoms with E-state index in [0.29, 0.717) is 12.8 Å². The smallest absolute Gasteiger partial charge is 0.412 e. The summed E-state index contributed by atoms with van der Waals surface area (Å²) < 4.78 is 10.8. The Balaban J connectivity index is 1.74. The van der Waals surface area contributed by atoms with Crippen molar-refractivity contribution in [2.24, 2.45) is 0 Å². The van der Waals surface area contributed by atoms with Gasteiger partial charge in [-0.2, -0.15) is 0 Å². The number of anilines is 1. The normalized spacial score (nSPS) is 24.1. The summed E-state index contributed by atoms with van der Waals surface area (Å²) in [4.78, 5) is 27.6. The number of allylic oxidation sites excluding steroid dienone is 1. The van der Waals surface area contributed by atoms with Gasteiger partial charge in [-0.1, -0.05) is 60.7 Å². The second-order valence-corrected chi connectivity index (χ2v) is 9.40. The first-order valence-electron chi connectivity index (χ1n) is 10.9. The number of nitrogens with zero attached hydrogens (tertiary/aromatic N) is 1. The molecule has 1 N–H and O–H groups in total. The van der Waals surface area contributed by atoms with Gasteiger partial charge in [0.15, 0.2) is 0 Å². The Labute approximate surface area is 189 Å². The molecule has 1 amide bonds. The third-order valence-corrected chi connectivity index (χ3v) is 6.12. The van der Waals surface area contributed by atoms with Gasteiger partial charge in [-0.15, -0.1) is 0 Å². The molecule has 6 nitrogen and oxygen atoms in total. The summed E-state index contributed by atoms with van der Waals surface area (Å²) in [6.07, 6.45) is 4.37. The number of fused-ring (bicyclic) bond motifs is 3. The summed E-state index contributed by atoms with van der Waals surface area (Å²) in [6, 6.07) is 17.4. The van der Waals surface area contributed by atoms with Gasteiger partial charge in [-0.25, -0.2) is 9.59 Å². The lowest BCUT2D eigenvalue weighted by Crippen LogP contribution is -2.51. The van der Waals surface area contributed by atoms with Gasteiger partial charge >= 0.3 is 12.1 Å². The molecule has 0 aliphatic carbocycles. The van der Waals surface area contributed by atoms with E-state index < -0.39 is 35.3 Å². The van der Waals surface area contributed by atoms with Crippen molar-refractivity contribution in [3.05, 3.63) is 71.8 Å². The number of rotatable bonds is 4. The number of nitrogens with one attached hydrogen (secondary N) is 1. The van der Waals surface area contributed by atoms with Crippen LogP contribution in [-0.4, -0.2) is 41.9 Å². The molecule has 168 valence electrons. The lowest BCUT2D eigenvalue weighted by molar-refractivity contribution is -0.146. The van der Waals surface area contributed by atoms with E-state index in [1.165, 1.54) is 12.0 Å². The molecule has 0 radical (unpaired) electrons. The highest BCUT2D eigenvalue weighted by atomic mass is 16.6. The molecular weight excluding hydrogens is 404 g/mol. The van der Waals surface area contributed by atoms with E-state index >= 15 is 0 Å². The highest BCUT2D eigenvalue weighted by molar-refractivity contribution is 5.85. The first-order valence-corrected chi connectivity index (χ1v) is 10.9. The van der Waals surface area contributed by atoms with Crippen LogP contribution in [0.3, 0.4) is 0 Å². The summed E-state index contributed by atoms with van der Waals surface area (Å²) in [5, 5.41) is 3.50. The molecule has 2 unspecified atom stereocenters. The van der Waals surface area contributed by atoms with Crippen LogP contribution in [0.5, 0.6) is 0 Å². The van der Waals surface area contributed by atoms with Gasteiger partial charge < -0.3 is 14.8 Å². The van der Waals surface area contributed by atoms with Crippen molar-refractivity contribution < 1.29 is 19.1 Å². The number of hydrogen-bond acceptors (Lipinski definition) is 5. The molecule has 0 saturated carbocycles. The van der Waals surface area contributed by atoms with Gasteiger partial charge in [0.05, 0.1) is 7.11 Å². The summed E-state index contributed by atoms with van der Waals surface area (Å²) in [5.41, 5.74) is 2.02. The van der Waals surface area contributed by atoms with E-state index in [-0.39, 0.29) is 0 Å². The van der Waals surface area contributed by atoms with Crippen LogP contribution in [-0.2, 0) is 19.7 Å². The number of likely N-dealkylation sites (tertiary alicyclic amines) is 1. The third-order valence-electron chi connectivity index (χ3n) is 6.12. The summed E-state index contributed by atoms with van der Waals surface area (Å²) >= 11 is 0. The van der Waals surface area contributed by atoms with E-state index in [1.807, 2.05) is 69.3 Å². The van der Waals surface area contributed by atoms with Crippen molar-refractivity contribution in [2.45, 2.75) is 56.8 Å². The van der Waals surface area contributed by atoms with Gasteiger partial charge in [0.25, 0.3) is 0 Å². The third kappa shape index (κ3) is 3.97. The predicted octanol–water partition coefficient (Wildman–Crippen LogP) is 4.96. The Morgan fingerprint density at radius 2 is 1.81 bits per heavy atom. The number of carbonyl (C=O) groups excluding carboxylic acids is 2. The number of methoxy groups -OCH3 is 1. The molecule has 0 bridgehead atoms. The van der Waals surface area contributed by atoms with Crippen LogP contribution in [0.15, 0.2) is 60.7 Å². The van der Waals surface area contributed by atoms with Crippen LogP contribution in [0, 0.1) is 0 Å². The molecule has 1 fully saturated rings. The Hall–Kier alpha value is -3.28. The zero-order chi connectivity index (χ0) is 22.9. The minimum absolute atomic E-state index is 0.417. The first kappa shape index (κ1) is 21.9. The zero-order valence-corrected chi connectivity index (χ0v) is 19.0. The number of carbonyl (C=O) groups is 2. The largest absolute Gasteiger partial charge is 0.467 e. The standard InChI is InChI=1S/C26H30N2O4/c1-25(2,3)32-24(30)28-21(22(29)31-4)17-26(16-10-13-18-11-6-5-7-12-18)19-14-8-9-15-20(19)27-23(26)28/h5-15,21,23,27H,16-17H2,1-4H3/b13-10+/t21-,23?,26?/m1/s1. The number of ether oxygens (including phenoxy) is 2. The molecule has 6 heteroatoms. The molecule has 0 aromatic heterocycles. The molecule has 4 rings (SSSR count). The molecule has 2 aromatic rings. The van der Waals surface area contributed by atoms with Crippen molar-refractivity contribution in [1.82, 2.24) is 4.90 Å². The highest BCUT2D eigenvalue weighted by Crippen LogP contribution is 2.53. The Morgan fingerprint density at radius 3 is 2.50 bits per heavy atom. The number of benzene rings is 2. The molecule has 0 spiro atoms. The molecule has 2 aliphatic rings. The summed E-state index contributed by atoms with van der Waals surface area (Å²) in [6.45, 7) is 5.46. The topological polar surface area (TPSA) is 67.9 Å². The van der Waals surface area contributed by atoms with E-state index in [9.17, 15) is 9.59 Å². The fraction of sp³-hybridized carbons (Fsp3) is 0.385. The maximum atomic E-state index is 13.3. The average molecular weight is 435 g/mol. The van der Waals surface area contributed by atoms with Crippen molar-refractivity contribution in [3.8, 4) is 0 Å². The Morgan fingerprint density at radius 1 is 1.12 bits per heavy atom. The zero-order valence-electron chi connectivity index (χ0n) is 19.0. The number of esters is 1. The maximum Gasteiger partial charge on any atom is 0.412 e. The van der Waals surface area contributed by atoms with E-state index in [4.69, 9.17) is 9.47 Å². The number of amides is 1. The van der Waals surface area contributed by atoms with E-state index in [1.54, 1.807) is 0 Å². The molecule has 32 heavy (non-hydrogen) atoms. The number of para-hydroxylation sites is 1. The SMILES string of the molecule is COC(=O)[C@H]1CC2(C/C=C/c3ccccc3)c3ccccc3NC2N1C(=O)OC(C)(C)C. The highest BCUT2D eigenvalue weighted by Gasteiger charge is 2.61. The maximum absolute atomic E-state index is 13.3. The lowest BCUT2D eigenvalue weighted by Gasteiger charge is -2.33. The van der Waals surface area contributed by atoms with Gasteiger partial charge in [-0.05, 0) is 50.8 Å². The van der Waals surface area contributed by atoms with Crippen LogP contribution >= 0.6 is 0 Å². The Bertz CT molecular complexity index is 1030. The van der Waals surface area contributed by atoms with Gasteiger partial charge in [0.1, 0.15) is 17.8 Å². The Kier molecular flexibility index (Phi) is 5.71. The summed E-state index contributed by atoms with van der Waals surface area (Å²) in [7, 11) is 1.35. The van der Waals surface area contributed by atoms with Gasteiger partial charge in [0.2, 0.25) is 0 Å². The quantitative estimate of drug-likeness (QED) is 0.689. The summed E-state index contributed by atoms with van der Waals surface area (Å²) in [5.74, 6) is -0.434. The first-order chi connectivity index (χ1) is 15.2. The van der Waals surface area contributed by atoms with E-state index in [0.717, 1.165) is 16.8 Å². The van der Waals surface area contributed by atoms with Crippen LogP contribution in [0.2, 0.25) is 0 Å². The van der Waals surface area contributed by atoms with Crippen molar-refractivity contribution >= 4 is 23.8 Å². The monoisotopic (exact) mass is 434 g/mol. The molecule has 3 atom stereocenters.